The Morgan fingerprint density at radius 1 is 1.00 bits per heavy atom. The number of rotatable bonds is 6. The van der Waals surface area contributed by atoms with Gasteiger partial charge in [0, 0.05) is 44.8 Å². The lowest BCUT2D eigenvalue weighted by molar-refractivity contribution is 0.0401. The van der Waals surface area contributed by atoms with Crippen molar-refractivity contribution in [2.24, 2.45) is 5.41 Å². The topological polar surface area (TPSA) is 18.5 Å². The Bertz CT molecular complexity index is 294. The summed E-state index contributed by atoms with van der Waals surface area (Å²) in [6.45, 7) is 18.0. The van der Waals surface area contributed by atoms with E-state index in [0.29, 0.717) is 11.0 Å². The highest BCUT2D eigenvalue weighted by molar-refractivity contribution is 4.91. The molecule has 1 aliphatic carbocycles. The Hall–Kier alpha value is -0.120. The standard InChI is InChI=1S/C18H37N3/c1-5-10-19-15-18(8-6-7-9-18)16-20-11-13-21(14-12-20)17(2,3)4/h19H,5-16H2,1-4H3. The molecule has 3 nitrogen and oxygen atoms in total. The van der Waals surface area contributed by atoms with Crippen LogP contribution in [0.2, 0.25) is 0 Å². The molecule has 0 aromatic carbocycles. The van der Waals surface area contributed by atoms with E-state index >= 15 is 0 Å². The Balaban J connectivity index is 1.82. The van der Waals surface area contributed by atoms with Crippen molar-refractivity contribution in [3.63, 3.8) is 0 Å². The summed E-state index contributed by atoms with van der Waals surface area (Å²) in [5, 5.41) is 3.70. The maximum absolute atomic E-state index is 3.70. The first-order chi connectivity index (χ1) is 9.95. The summed E-state index contributed by atoms with van der Waals surface area (Å²) in [6, 6.07) is 0. The van der Waals surface area contributed by atoms with E-state index in [9.17, 15) is 0 Å². The second-order valence-electron chi connectivity index (χ2n) is 8.32. The molecule has 124 valence electrons. The van der Waals surface area contributed by atoms with Crippen LogP contribution >= 0.6 is 0 Å². The van der Waals surface area contributed by atoms with Gasteiger partial charge in [0.25, 0.3) is 0 Å². The Kier molecular flexibility index (Phi) is 6.10. The summed E-state index contributed by atoms with van der Waals surface area (Å²) < 4.78 is 0. The Morgan fingerprint density at radius 2 is 1.62 bits per heavy atom. The first-order valence-corrected chi connectivity index (χ1v) is 9.13. The molecule has 0 aromatic rings. The maximum atomic E-state index is 3.70. The highest BCUT2D eigenvalue weighted by Gasteiger charge is 2.36. The first kappa shape index (κ1) is 17.2. The summed E-state index contributed by atoms with van der Waals surface area (Å²) >= 11 is 0. The minimum atomic E-state index is 0.333. The Labute approximate surface area is 132 Å². The lowest BCUT2D eigenvalue weighted by Gasteiger charge is -2.44. The third kappa shape index (κ3) is 4.94. The summed E-state index contributed by atoms with van der Waals surface area (Å²) in [5.74, 6) is 0. The van der Waals surface area contributed by atoms with Crippen LogP contribution in [0.5, 0.6) is 0 Å². The second-order valence-corrected chi connectivity index (χ2v) is 8.32. The lowest BCUT2D eigenvalue weighted by atomic mass is 9.85. The molecule has 2 fully saturated rings. The molecule has 21 heavy (non-hydrogen) atoms. The van der Waals surface area contributed by atoms with E-state index in [0.717, 1.165) is 0 Å². The molecule has 0 aromatic heterocycles. The van der Waals surface area contributed by atoms with Crippen LogP contribution in [0.15, 0.2) is 0 Å². The first-order valence-electron chi connectivity index (χ1n) is 9.13. The van der Waals surface area contributed by atoms with E-state index in [2.05, 4.69) is 42.8 Å². The van der Waals surface area contributed by atoms with E-state index < -0.39 is 0 Å². The van der Waals surface area contributed by atoms with Crippen LogP contribution in [-0.2, 0) is 0 Å². The van der Waals surface area contributed by atoms with Gasteiger partial charge >= 0.3 is 0 Å². The predicted octanol–water partition coefficient (Wildman–Crippen LogP) is 2.96. The fourth-order valence-electron chi connectivity index (χ4n) is 4.10. The third-order valence-corrected chi connectivity index (χ3v) is 5.47. The van der Waals surface area contributed by atoms with E-state index in [-0.39, 0.29) is 0 Å². The van der Waals surface area contributed by atoms with Gasteiger partial charge in [-0.3, -0.25) is 4.90 Å². The third-order valence-electron chi connectivity index (χ3n) is 5.47. The zero-order valence-electron chi connectivity index (χ0n) is 14.9. The fraction of sp³-hybridized carbons (Fsp3) is 1.00. The molecule has 1 heterocycles. The van der Waals surface area contributed by atoms with Gasteiger partial charge in [-0.1, -0.05) is 19.8 Å². The number of nitrogens with one attached hydrogen (secondary N) is 1. The minimum Gasteiger partial charge on any atom is -0.316 e. The minimum absolute atomic E-state index is 0.333. The number of nitrogens with zero attached hydrogens (tertiary/aromatic N) is 2. The van der Waals surface area contributed by atoms with Gasteiger partial charge in [-0.2, -0.15) is 0 Å². The molecule has 0 unspecified atom stereocenters. The van der Waals surface area contributed by atoms with Crippen molar-refractivity contribution in [2.45, 2.75) is 65.3 Å². The van der Waals surface area contributed by atoms with Gasteiger partial charge in [0.1, 0.15) is 0 Å². The van der Waals surface area contributed by atoms with Gasteiger partial charge in [-0.25, -0.2) is 0 Å². The zero-order valence-corrected chi connectivity index (χ0v) is 14.9. The summed E-state index contributed by atoms with van der Waals surface area (Å²) in [4.78, 5) is 5.38. The highest BCUT2D eigenvalue weighted by Crippen LogP contribution is 2.38. The zero-order chi connectivity index (χ0) is 15.3. The van der Waals surface area contributed by atoms with Gasteiger partial charge in [0.15, 0.2) is 0 Å². The molecular weight excluding hydrogens is 258 g/mol. The average Bonchev–Trinajstić information content (AvgIpc) is 2.87. The summed E-state index contributed by atoms with van der Waals surface area (Å²) in [6.07, 6.45) is 7.00. The van der Waals surface area contributed by atoms with Crippen LogP contribution in [0, 0.1) is 5.41 Å². The Morgan fingerprint density at radius 3 is 2.14 bits per heavy atom. The van der Waals surface area contributed by atoms with Gasteiger partial charge < -0.3 is 10.2 Å². The number of hydrogen-bond acceptors (Lipinski definition) is 3. The van der Waals surface area contributed by atoms with Crippen LogP contribution in [0.25, 0.3) is 0 Å². The van der Waals surface area contributed by atoms with Crippen molar-refractivity contribution >= 4 is 0 Å². The van der Waals surface area contributed by atoms with Crippen LogP contribution in [0.3, 0.4) is 0 Å². The molecule has 0 bridgehead atoms. The van der Waals surface area contributed by atoms with Crippen molar-refractivity contribution in [3.05, 3.63) is 0 Å². The average molecular weight is 296 g/mol. The fourth-order valence-corrected chi connectivity index (χ4v) is 4.10. The van der Waals surface area contributed by atoms with Gasteiger partial charge in [-0.15, -0.1) is 0 Å². The van der Waals surface area contributed by atoms with Crippen molar-refractivity contribution < 1.29 is 0 Å². The van der Waals surface area contributed by atoms with Crippen molar-refractivity contribution in [2.75, 3.05) is 45.8 Å². The molecule has 1 saturated carbocycles. The SMILES string of the molecule is CCCNCC1(CN2CCN(C(C)(C)C)CC2)CCCC1. The molecular formula is C18H37N3. The summed E-state index contributed by atoms with van der Waals surface area (Å²) in [5.41, 5.74) is 0.902. The second kappa shape index (κ2) is 7.43. The molecule has 3 heteroatoms. The van der Waals surface area contributed by atoms with Crippen LogP contribution in [-0.4, -0.2) is 61.2 Å². The van der Waals surface area contributed by atoms with Gasteiger partial charge in [0.05, 0.1) is 0 Å². The summed E-state index contributed by atoms with van der Waals surface area (Å²) in [7, 11) is 0. The van der Waals surface area contributed by atoms with E-state index in [1.54, 1.807) is 0 Å². The van der Waals surface area contributed by atoms with E-state index in [4.69, 9.17) is 0 Å². The highest BCUT2D eigenvalue weighted by atomic mass is 15.3. The van der Waals surface area contributed by atoms with Crippen molar-refractivity contribution in [3.8, 4) is 0 Å². The normalized spacial score (nSPS) is 24.6. The molecule has 2 aliphatic rings. The number of piperazine rings is 1. The van der Waals surface area contributed by atoms with Gasteiger partial charge in [0.2, 0.25) is 0 Å². The van der Waals surface area contributed by atoms with E-state index in [1.165, 1.54) is 77.9 Å². The molecule has 0 amide bonds. The quantitative estimate of drug-likeness (QED) is 0.760. The van der Waals surface area contributed by atoms with Gasteiger partial charge in [-0.05, 0) is 52.0 Å². The van der Waals surface area contributed by atoms with Crippen molar-refractivity contribution in [1.82, 2.24) is 15.1 Å². The van der Waals surface area contributed by atoms with Crippen molar-refractivity contribution in [1.29, 1.82) is 0 Å². The maximum Gasteiger partial charge on any atom is 0.0126 e. The largest absolute Gasteiger partial charge is 0.316 e. The number of hydrogen-bond donors (Lipinski definition) is 1. The molecule has 0 spiro atoms. The molecule has 1 N–H and O–H groups in total. The molecule has 0 atom stereocenters. The lowest BCUT2D eigenvalue weighted by Crippen LogP contribution is -2.55. The smallest absolute Gasteiger partial charge is 0.0126 e. The molecule has 1 saturated heterocycles. The monoisotopic (exact) mass is 295 g/mol. The van der Waals surface area contributed by atoms with Crippen LogP contribution < -0.4 is 5.32 Å². The molecule has 0 radical (unpaired) electrons. The van der Waals surface area contributed by atoms with Crippen LogP contribution in [0.4, 0.5) is 0 Å². The van der Waals surface area contributed by atoms with Crippen LogP contribution in [0.1, 0.15) is 59.8 Å². The van der Waals surface area contributed by atoms with E-state index in [1.807, 2.05) is 0 Å². The molecule has 2 rings (SSSR count). The molecule has 1 aliphatic heterocycles. The predicted molar refractivity (Wildman–Crippen MR) is 91.8 cm³/mol.